The molecule has 0 aliphatic carbocycles. The average Bonchev–Trinajstić information content (AvgIpc) is 2.72. The molecule has 0 radical (unpaired) electrons. The molecular weight excluding hydrogens is 414 g/mol. The molecule has 1 saturated heterocycles. The Kier molecular flexibility index (Phi) is 11.9. The summed E-state index contributed by atoms with van der Waals surface area (Å²) < 4.78 is 0. The van der Waals surface area contributed by atoms with Gasteiger partial charge in [0.25, 0.3) is 0 Å². The van der Waals surface area contributed by atoms with E-state index in [0.717, 1.165) is 0 Å². The molecule has 1 unspecified atom stereocenters. The Balaban J connectivity index is 2.93. The van der Waals surface area contributed by atoms with Gasteiger partial charge in [-0.15, -0.1) is 0 Å². The first-order chi connectivity index (χ1) is 14.7. The fraction of sp³-hybridized carbons (Fsp3) is 0.765. The van der Waals surface area contributed by atoms with E-state index in [1.807, 2.05) is 0 Å². The number of carboxylic acids is 3. The first-order valence-corrected chi connectivity index (χ1v) is 9.83. The Morgan fingerprint density at radius 1 is 0.935 bits per heavy atom. The summed E-state index contributed by atoms with van der Waals surface area (Å²) in [6, 6.07) is -0.572. The molecule has 174 valence electrons. The molecule has 1 fully saturated rings. The van der Waals surface area contributed by atoms with Crippen LogP contribution in [0.1, 0.15) is 12.8 Å². The third kappa shape index (κ3) is 11.7. The zero-order valence-corrected chi connectivity index (χ0v) is 17.2. The Bertz CT molecular complexity index is 684. The number of carbonyl (C=O) groups is 4. The molecule has 1 amide bonds. The van der Waals surface area contributed by atoms with Gasteiger partial charge in [-0.1, -0.05) is 5.11 Å². The summed E-state index contributed by atoms with van der Waals surface area (Å²) in [7, 11) is 0. The standard InChI is InChI=1S/C17H29N7O7/c18-21-20-3-1-2-19-14(25)8-13-9-23(11-16(28)29)5-4-22(10-15(26)27)6-7-24(13)12-17(30)31/h13H,1-12H2,(H,19,25)(H,26,27)(H,28,29)(H,30,31). The van der Waals surface area contributed by atoms with Crippen molar-refractivity contribution in [1.29, 1.82) is 0 Å². The van der Waals surface area contributed by atoms with Crippen LogP contribution in [-0.2, 0) is 19.2 Å². The van der Waals surface area contributed by atoms with Crippen molar-refractivity contribution in [1.82, 2.24) is 20.0 Å². The van der Waals surface area contributed by atoms with Gasteiger partial charge < -0.3 is 20.6 Å². The second kappa shape index (κ2) is 14.1. The molecule has 0 spiro atoms. The van der Waals surface area contributed by atoms with Crippen LogP contribution in [0.4, 0.5) is 0 Å². The van der Waals surface area contributed by atoms with Crippen molar-refractivity contribution < 1.29 is 34.5 Å². The van der Waals surface area contributed by atoms with Crippen LogP contribution in [0.25, 0.3) is 10.4 Å². The fourth-order valence-corrected chi connectivity index (χ4v) is 3.32. The lowest BCUT2D eigenvalue weighted by Gasteiger charge is -2.32. The maximum Gasteiger partial charge on any atom is 0.317 e. The summed E-state index contributed by atoms with van der Waals surface area (Å²) in [5.74, 6) is -3.55. The number of hydrogen-bond donors (Lipinski definition) is 4. The average molecular weight is 443 g/mol. The number of nitrogens with zero attached hydrogens (tertiary/aromatic N) is 6. The van der Waals surface area contributed by atoms with Gasteiger partial charge in [-0.25, -0.2) is 0 Å². The fourth-order valence-electron chi connectivity index (χ4n) is 3.32. The quantitative estimate of drug-likeness (QED) is 0.122. The largest absolute Gasteiger partial charge is 0.480 e. The number of nitrogens with one attached hydrogen (secondary N) is 1. The molecule has 0 aromatic carbocycles. The van der Waals surface area contributed by atoms with Crippen LogP contribution < -0.4 is 5.32 Å². The molecular formula is C17H29N7O7. The molecule has 1 aliphatic heterocycles. The van der Waals surface area contributed by atoms with Crippen LogP contribution in [0.3, 0.4) is 0 Å². The number of amides is 1. The van der Waals surface area contributed by atoms with E-state index in [4.69, 9.17) is 10.6 Å². The summed E-state index contributed by atoms with van der Waals surface area (Å²) >= 11 is 0. The summed E-state index contributed by atoms with van der Waals surface area (Å²) in [6.45, 7) is 0.795. The highest BCUT2D eigenvalue weighted by Gasteiger charge is 2.29. The smallest absolute Gasteiger partial charge is 0.317 e. The molecule has 1 heterocycles. The summed E-state index contributed by atoms with van der Waals surface area (Å²) in [6.07, 6.45) is 0.401. The Morgan fingerprint density at radius 3 is 2.13 bits per heavy atom. The molecule has 4 N–H and O–H groups in total. The van der Waals surface area contributed by atoms with Crippen LogP contribution in [0.2, 0.25) is 0 Å². The van der Waals surface area contributed by atoms with Gasteiger partial charge in [-0.2, -0.15) is 0 Å². The van der Waals surface area contributed by atoms with Gasteiger partial charge in [0.2, 0.25) is 5.91 Å². The summed E-state index contributed by atoms with van der Waals surface area (Å²) in [5, 5.41) is 33.7. The van der Waals surface area contributed by atoms with E-state index in [1.54, 1.807) is 14.7 Å². The monoisotopic (exact) mass is 443 g/mol. The van der Waals surface area contributed by atoms with E-state index in [9.17, 15) is 29.4 Å². The zero-order chi connectivity index (χ0) is 23.2. The molecule has 0 saturated carbocycles. The lowest BCUT2D eigenvalue weighted by Crippen LogP contribution is -2.49. The normalized spacial score (nSPS) is 18.8. The number of hydrogen-bond acceptors (Lipinski definition) is 8. The SMILES string of the molecule is [N-]=[N+]=NCCCNC(=O)CC1CN(CC(=O)O)CCN(CC(=O)O)CCN1CC(=O)O. The van der Waals surface area contributed by atoms with E-state index in [1.165, 1.54) is 0 Å². The lowest BCUT2D eigenvalue weighted by atomic mass is 10.1. The van der Waals surface area contributed by atoms with E-state index >= 15 is 0 Å². The maximum absolute atomic E-state index is 12.4. The second-order valence-corrected chi connectivity index (χ2v) is 7.18. The van der Waals surface area contributed by atoms with Gasteiger partial charge in [0.15, 0.2) is 0 Å². The predicted octanol–water partition coefficient (Wildman–Crippen LogP) is -1.26. The van der Waals surface area contributed by atoms with Crippen molar-refractivity contribution >= 4 is 23.8 Å². The molecule has 31 heavy (non-hydrogen) atoms. The molecule has 0 bridgehead atoms. The Labute approximate surface area is 179 Å². The van der Waals surface area contributed by atoms with Crippen LogP contribution >= 0.6 is 0 Å². The maximum atomic E-state index is 12.4. The van der Waals surface area contributed by atoms with Crippen LogP contribution in [0, 0.1) is 0 Å². The van der Waals surface area contributed by atoms with Crippen molar-refractivity contribution in [2.45, 2.75) is 18.9 Å². The van der Waals surface area contributed by atoms with E-state index < -0.39 is 23.9 Å². The number of aliphatic carboxylic acids is 3. The topological polar surface area (TPSA) is 199 Å². The van der Waals surface area contributed by atoms with Crippen LogP contribution in [0.15, 0.2) is 5.11 Å². The third-order valence-electron chi connectivity index (χ3n) is 4.72. The van der Waals surface area contributed by atoms with Gasteiger partial charge in [-0.3, -0.25) is 33.9 Å². The minimum Gasteiger partial charge on any atom is -0.480 e. The van der Waals surface area contributed by atoms with E-state index in [0.29, 0.717) is 13.0 Å². The highest BCUT2D eigenvalue weighted by molar-refractivity contribution is 5.77. The van der Waals surface area contributed by atoms with Gasteiger partial charge in [0.1, 0.15) is 0 Å². The van der Waals surface area contributed by atoms with Crippen molar-refractivity contribution in [3.63, 3.8) is 0 Å². The first-order valence-electron chi connectivity index (χ1n) is 9.83. The minimum atomic E-state index is -1.10. The lowest BCUT2D eigenvalue weighted by molar-refractivity contribution is -0.141. The van der Waals surface area contributed by atoms with E-state index in [-0.39, 0.29) is 71.2 Å². The van der Waals surface area contributed by atoms with E-state index in [2.05, 4.69) is 15.3 Å². The van der Waals surface area contributed by atoms with Gasteiger partial charge in [0, 0.05) is 63.2 Å². The zero-order valence-electron chi connectivity index (χ0n) is 17.2. The number of azide groups is 1. The third-order valence-corrected chi connectivity index (χ3v) is 4.72. The van der Waals surface area contributed by atoms with Crippen LogP contribution in [0.5, 0.6) is 0 Å². The molecule has 0 aromatic heterocycles. The Hall–Kier alpha value is -2.93. The molecule has 1 atom stereocenters. The minimum absolute atomic E-state index is 0.0517. The first kappa shape index (κ1) is 26.1. The molecule has 1 aliphatic rings. The van der Waals surface area contributed by atoms with Crippen molar-refractivity contribution in [3.8, 4) is 0 Å². The Morgan fingerprint density at radius 2 is 1.52 bits per heavy atom. The molecule has 14 nitrogen and oxygen atoms in total. The second-order valence-electron chi connectivity index (χ2n) is 7.18. The molecule has 0 aromatic rings. The van der Waals surface area contributed by atoms with Crippen molar-refractivity contribution in [2.75, 3.05) is 65.4 Å². The van der Waals surface area contributed by atoms with Gasteiger partial charge in [0.05, 0.1) is 19.6 Å². The van der Waals surface area contributed by atoms with Crippen LogP contribution in [-0.4, -0.2) is 125 Å². The summed E-state index contributed by atoms with van der Waals surface area (Å²) in [4.78, 5) is 53.5. The summed E-state index contributed by atoms with van der Waals surface area (Å²) in [5.41, 5.74) is 8.25. The number of rotatable bonds is 12. The number of carbonyl (C=O) groups excluding carboxylic acids is 1. The number of carboxylic acid groups (broad SMARTS) is 3. The molecule has 14 heteroatoms. The van der Waals surface area contributed by atoms with Gasteiger partial charge >= 0.3 is 17.9 Å². The van der Waals surface area contributed by atoms with Crippen molar-refractivity contribution in [3.05, 3.63) is 10.4 Å². The molecule has 1 rings (SSSR count). The predicted molar refractivity (Wildman–Crippen MR) is 107 cm³/mol. The van der Waals surface area contributed by atoms with Crippen molar-refractivity contribution in [2.24, 2.45) is 5.11 Å². The van der Waals surface area contributed by atoms with Gasteiger partial charge in [-0.05, 0) is 12.0 Å². The highest BCUT2D eigenvalue weighted by atomic mass is 16.4. The highest BCUT2D eigenvalue weighted by Crippen LogP contribution is 2.11.